The smallest absolute Gasteiger partial charge is 0.159 e. The van der Waals surface area contributed by atoms with Crippen molar-refractivity contribution < 1.29 is 13.2 Å². The Kier molecular flexibility index (Phi) is 5.69. The Morgan fingerprint density at radius 1 is 1.00 bits per heavy atom. The molecule has 1 fully saturated rings. The van der Waals surface area contributed by atoms with Crippen LogP contribution in [0.25, 0.3) is 0 Å². The number of halogens is 3. The highest BCUT2D eigenvalue weighted by Gasteiger charge is 2.20. The summed E-state index contributed by atoms with van der Waals surface area (Å²) in [4.78, 5) is 0. The van der Waals surface area contributed by atoms with Crippen LogP contribution in [-0.4, -0.2) is 0 Å². The number of rotatable bonds is 5. The summed E-state index contributed by atoms with van der Waals surface area (Å²) in [6.07, 6.45) is 9.52. The molecule has 2 rings (SSSR count). The fourth-order valence-electron chi connectivity index (χ4n) is 3.07. The first-order valence-corrected chi connectivity index (χ1v) is 7.38. The van der Waals surface area contributed by atoms with Gasteiger partial charge in [-0.05, 0) is 61.6 Å². The van der Waals surface area contributed by atoms with Gasteiger partial charge in [0.25, 0.3) is 0 Å². The minimum atomic E-state index is -0.782. The van der Waals surface area contributed by atoms with Gasteiger partial charge in [-0.1, -0.05) is 25.0 Å². The molecule has 1 aromatic carbocycles. The first-order chi connectivity index (χ1) is 9.69. The molecule has 0 saturated heterocycles. The summed E-state index contributed by atoms with van der Waals surface area (Å²) in [7, 11) is 0. The van der Waals surface area contributed by atoms with Gasteiger partial charge in [-0.2, -0.15) is 0 Å². The molecular formula is C17H21F3. The van der Waals surface area contributed by atoms with E-state index in [2.05, 4.69) is 0 Å². The molecule has 3 heteroatoms. The second-order valence-corrected chi connectivity index (χ2v) is 5.77. The number of hydrogen-bond acceptors (Lipinski definition) is 0. The van der Waals surface area contributed by atoms with Crippen molar-refractivity contribution in [2.24, 2.45) is 11.8 Å². The topological polar surface area (TPSA) is 0 Å². The Labute approximate surface area is 118 Å². The molecule has 1 saturated carbocycles. The Balaban J connectivity index is 1.74. The highest BCUT2D eigenvalue weighted by Crippen LogP contribution is 2.33. The van der Waals surface area contributed by atoms with Crippen LogP contribution in [0.1, 0.15) is 44.1 Å². The third kappa shape index (κ3) is 4.39. The van der Waals surface area contributed by atoms with Crippen LogP contribution < -0.4 is 0 Å². The highest BCUT2D eigenvalue weighted by atomic mass is 19.2. The second-order valence-electron chi connectivity index (χ2n) is 5.77. The molecule has 0 radical (unpaired) electrons. The van der Waals surface area contributed by atoms with Crippen LogP contribution in [0, 0.1) is 23.5 Å². The lowest BCUT2D eigenvalue weighted by molar-refractivity contribution is 0.264. The Morgan fingerprint density at radius 2 is 1.70 bits per heavy atom. The summed E-state index contributed by atoms with van der Waals surface area (Å²) in [5.74, 6) is -0.269. The highest BCUT2D eigenvalue weighted by molar-refractivity contribution is 5.17. The van der Waals surface area contributed by atoms with Crippen LogP contribution in [0.2, 0.25) is 0 Å². The molecule has 0 N–H and O–H groups in total. The van der Waals surface area contributed by atoms with Gasteiger partial charge in [0, 0.05) is 0 Å². The first-order valence-electron chi connectivity index (χ1n) is 7.38. The van der Waals surface area contributed by atoms with Gasteiger partial charge < -0.3 is 0 Å². The van der Waals surface area contributed by atoms with Crippen molar-refractivity contribution in [2.45, 2.75) is 44.9 Å². The van der Waals surface area contributed by atoms with Crippen LogP contribution in [-0.2, 0) is 6.42 Å². The predicted octanol–water partition coefficient (Wildman–Crippen LogP) is 5.58. The quantitative estimate of drug-likeness (QED) is 0.661. The molecule has 0 amide bonds. The second kappa shape index (κ2) is 7.51. The molecule has 1 aliphatic rings. The van der Waals surface area contributed by atoms with Crippen LogP contribution in [0.3, 0.4) is 0 Å². The summed E-state index contributed by atoms with van der Waals surface area (Å²) in [5.41, 5.74) is 0.867. The Hall–Kier alpha value is -1.25. The molecular weight excluding hydrogens is 261 g/mol. The summed E-state index contributed by atoms with van der Waals surface area (Å²) in [6.45, 7) is 0. The molecule has 0 heterocycles. The minimum Gasteiger partial charge on any atom is -0.216 e. The number of allylic oxidation sites excluding steroid dienone is 1. The van der Waals surface area contributed by atoms with Gasteiger partial charge >= 0.3 is 0 Å². The molecule has 0 aromatic heterocycles. The number of benzene rings is 1. The van der Waals surface area contributed by atoms with Crippen molar-refractivity contribution in [1.82, 2.24) is 0 Å². The van der Waals surface area contributed by atoms with Gasteiger partial charge in [0.1, 0.15) is 0 Å². The van der Waals surface area contributed by atoms with E-state index in [-0.39, 0.29) is 0 Å². The number of aryl methyl sites for hydroxylation is 1. The molecule has 110 valence electrons. The molecule has 0 bridgehead atoms. The van der Waals surface area contributed by atoms with Gasteiger partial charge in [-0.3, -0.25) is 0 Å². The molecule has 0 aliphatic heterocycles. The molecule has 20 heavy (non-hydrogen) atoms. The van der Waals surface area contributed by atoms with E-state index in [1.807, 2.05) is 0 Å². The average molecular weight is 282 g/mol. The largest absolute Gasteiger partial charge is 0.216 e. The predicted molar refractivity (Wildman–Crippen MR) is 75.0 cm³/mol. The standard InChI is InChI=1S/C17H21F3/c18-11-1-2-13-3-5-14(6-4-13)7-8-15-9-10-16(19)17(20)12-15/h1,9-14H,2-8H2. The monoisotopic (exact) mass is 282 g/mol. The lowest BCUT2D eigenvalue weighted by Gasteiger charge is -2.27. The van der Waals surface area contributed by atoms with Gasteiger partial charge in [-0.25, -0.2) is 13.2 Å². The fraction of sp³-hybridized carbons (Fsp3) is 0.529. The normalized spacial score (nSPS) is 23.4. The van der Waals surface area contributed by atoms with Crippen molar-refractivity contribution in [3.05, 3.63) is 47.8 Å². The lowest BCUT2D eigenvalue weighted by atomic mass is 9.78. The van der Waals surface area contributed by atoms with E-state index in [0.29, 0.717) is 18.2 Å². The van der Waals surface area contributed by atoms with Crippen LogP contribution in [0.5, 0.6) is 0 Å². The summed E-state index contributed by atoms with van der Waals surface area (Å²) < 4.78 is 37.9. The van der Waals surface area contributed by atoms with E-state index in [1.54, 1.807) is 12.1 Å². The molecule has 0 unspecified atom stereocenters. The van der Waals surface area contributed by atoms with Crippen molar-refractivity contribution in [1.29, 1.82) is 0 Å². The van der Waals surface area contributed by atoms with E-state index in [1.165, 1.54) is 12.1 Å². The van der Waals surface area contributed by atoms with Crippen LogP contribution >= 0.6 is 0 Å². The van der Waals surface area contributed by atoms with Crippen LogP contribution in [0.4, 0.5) is 13.2 Å². The summed E-state index contributed by atoms with van der Waals surface area (Å²) in [5, 5.41) is 0. The van der Waals surface area contributed by atoms with Gasteiger partial charge in [0.2, 0.25) is 0 Å². The summed E-state index contributed by atoms with van der Waals surface area (Å²) >= 11 is 0. The summed E-state index contributed by atoms with van der Waals surface area (Å²) in [6, 6.07) is 4.16. The maximum Gasteiger partial charge on any atom is 0.159 e. The van der Waals surface area contributed by atoms with Crippen molar-refractivity contribution in [2.75, 3.05) is 0 Å². The maximum atomic E-state index is 13.1. The van der Waals surface area contributed by atoms with E-state index in [4.69, 9.17) is 0 Å². The average Bonchev–Trinajstić information content (AvgIpc) is 2.47. The third-order valence-electron chi connectivity index (χ3n) is 4.35. The number of hydrogen-bond donors (Lipinski definition) is 0. The Morgan fingerprint density at radius 3 is 2.35 bits per heavy atom. The van der Waals surface area contributed by atoms with Gasteiger partial charge in [-0.15, -0.1) is 0 Å². The maximum absolute atomic E-state index is 13.1. The molecule has 1 aliphatic carbocycles. The van der Waals surface area contributed by atoms with Gasteiger partial charge in [0.05, 0.1) is 6.33 Å². The van der Waals surface area contributed by atoms with Crippen molar-refractivity contribution in [3.63, 3.8) is 0 Å². The van der Waals surface area contributed by atoms with Gasteiger partial charge in [0.15, 0.2) is 11.6 Å². The van der Waals surface area contributed by atoms with E-state index in [0.717, 1.165) is 50.5 Å². The minimum absolute atomic E-state index is 0.613. The van der Waals surface area contributed by atoms with Crippen molar-refractivity contribution >= 4 is 0 Å². The zero-order valence-electron chi connectivity index (χ0n) is 11.6. The fourth-order valence-corrected chi connectivity index (χ4v) is 3.07. The van der Waals surface area contributed by atoms with E-state index >= 15 is 0 Å². The zero-order chi connectivity index (χ0) is 14.4. The van der Waals surface area contributed by atoms with Crippen LogP contribution in [0.15, 0.2) is 30.6 Å². The molecule has 0 nitrogen and oxygen atoms in total. The Bertz CT molecular complexity index is 446. The SMILES string of the molecule is FC=CCC1CCC(CCc2ccc(F)c(F)c2)CC1. The first kappa shape index (κ1) is 15.1. The lowest BCUT2D eigenvalue weighted by Crippen LogP contribution is -2.14. The van der Waals surface area contributed by atoms with Crippen molar-refractivity contribution in [3.8, 4) is 0 Å². The van der Waals surface area contributed by atoms with E-state index < -0.39 is 11.6 Å². The zero-order valence-corrected chi connectivity index (χ0v) is 11.6. The molecule has 0 spiro atoms. The third-order valence-corrected chi connectivity index (χ3v) is 4.35. The van der Waals surface area contributed by atoms with E-state index in [9.17, 15) is 13.2 Å². The molecule has 0 atom stereocenters. The molecule has 1 aromatic rings.